The van der Waals surface area contributed by atoms with E-state index >= 15 is 0 Å². The number of aryl methyl sites for hydroxylation is 1. The highest BCUT2D eigenvalue weighted by atomic mass is 16.5. The van der Waals surface area contributed by atoms with Crippen molar-refractivity contribution >= 4 is 23.4 Å². The minimum absolute atomic E-state index is 0.192. The van der Waals surface area contributed by atoms with Crippen LogP contribution in [-0.2, 0) is 9.53 Å². The van der Waals surface area contributed by atoms with Gasteiger partial charge in [-0.1, -0.05) is 30.3 Å². The number of amides is 1. The van der Waals surface area contributed by atoms with Crippen LogP contribution in [0.3, 0.4) is 0 Å². The molecule has 2 heterocycles. The molecule has 0 atom stereocenters. The molecule has 172 valence electrons. The summed E-state index contributed by atoms with van der Waals surface area (Å²) in [5.41, 5.74) is 3.43. The maximum absolute atomic E-state index is 12.9. The van der Waals surface area contributed by atoms with Gasteiger partial charge in [0.2, 0.25) is 5.91 Å². The summed E-state index contributed by atoms with van der Waals surface area (Å²) in [6.07, 6.45) is 1.43. The highest BCUT2D eigenvalue weighted by Crippen LogP contribution is 2.22. The van der Waals surface area contributed by atoms with Crippen LogP contribution in [0.4, 0.5) is 11.5 Å². The first-order valence-electron chi connectivity index (χ1n) is 11.2. The predicted molar refractivity (Wildman–Crippen MR) is 128 cm³/mol. The van der Waals surface area contributed by atoms with Gasteiger partial charge in [0.1, 0.15) is 5.56 Å². The van der Waals surface area contributed by atoms with Crippen LogP contribution in [0.15, 0.2) is 60.8 Å². The Labute approximate surface area is 193 Å². The van der Waals surface area contributed by atoms with Crippen LogP contribution in [0.2, 0.25) is 0 Å². The van der Waals surface area contributed by atoms with Gasteiger partial charge in [0.25, 0.3) is 0 Å². The summed E-state index contributed by atoms with van der Waals surface area (Å²) in [6.45, 7) is 7.59. The molecule has 0 unspecified atom stereocenters. The lowest BCUT2D eigenvalue weighted by atomic mass is 10.2. The molecule has 3 aromatic rings. The normalized spacial score (nSPS) is 14.2. The highest BCUT2D eigenvalue weighted by Gasteiger charge is 2.24. The van der Waals surface area contributed by atoms with E-state index < -0.39 is 5.97 Å². The fourth-order valence-corrected chi connectivity index (χ4v) is 3.96. The van der Waals surface area contributed by atoms with Gasteiger partial charge in [-0.15, -0.1) is 0 Å². The number of nitrogens with one attached hydrogen (secondary N) is 1. The monoisotopic (exact) mass is 447 g/mol. The topological polar surface area (TPSA) is 79.7 Å². The van der Waals surface area contributed by atoms with Gasteiger partial charge in [-0.3, -0.25) is 9.69 Å². The SMILES string of the molecule is CCOC(=O)c1cnn(-c2ccccc2)c1NC(=O)CN1CCN(c2cccc(C)c2)CC1. The fourth-order valence-electron chi connectivity index (χ4n) is 3.96. The summed E-state index contributed by atoms with van der Waals surface area (Å²) in [6, 6.07) is 17.8. The van der Waals surface area contributed by atoms with Crippen molar-refractivity contribution in [3.63, 3.8) is 0 Å². The van der Waals surface area contributed by atoms with Crippen LogP contribution in [0.5, 0.6) is 0 Å². The lowest BCUT2D eigenvalue weighted by molar-refractivity contribution is -0.117. The number of para-hydroxylation sites is 1. The van der Waals surface area contributed by atoms with Crippen LogP contribution < -0.4 is 10.2 Å². The Morgan fingerprint density at radius 1 is 1.00 bits per heavy atom. The van der Waals surface area contributed by atoms with E-state index in [1.165, 1.54) is 17.4 Å². The van der Waals surface area contributed by atoms with Gasteiger partial charge in [-0.05, 0) is 43.7 Å². The summed E-state index contributed by atoms with van der Waals surface area (Å²) in [5, 5.41) is 7.22. The van der Waals surface area contributed by atoms with Gasteiger partial charge < -0.3 is 15.0 Å². The molecule has 0 aliphatic carbocycles. The highest BCUT2D eigenvalue weighted by molar-refractivity contribution is 6.01. The van der Waals surface area contributed by atoms with Crippen molar-refractivity contribution in [3.05, 3.63) is 71.9 Å². The molecule has 0 bridgehead atoms. The molecular weight excluding hydrogens is 418 g/mol. The number of hydrogen-bond donors (Lipinski definition) is 1. The van der Waals surface area contributed by atoms with E-state index in [1.807, 2.05) is 30.3 Å². The van der Waals surface area contributed by atoms with Crippen LogP contribution in [-0.4, -0.2) is 65.9 Å². The number of ether oxygens (including phenoxy) is 1. The van der Waals surface area contributed by atoms with E-state index in [4.69, 9.17) is 4.74 Å². The quantitative estimate of drug-likeness (QED) is 0.561. The number of carbonyl (C=O) groups is 2. The molecule has 1 aromatic heterocycles. The minimum Gasteiger partial charge on any atom is -0.462 e. The van der Waals surface area contributed by atoms with Gasteiger partial charge in [-0.2, -0.15) is 5.10 Å². The van der Waals surface area contributed by atoms with Gasteiger partial charge >= 0.3 is 5.97 Å². The molecule has 0 spiro atoms. The van der Waals surface area contributed by atoms with Gasteiger partial charge in [0.05, 0.1) is 25.0 Å². The molecule has 1 fully saturated rings. The standard InChI is InChI=1S/C25H29N5O3/c1-3-33-25(32)22-17-26-30(20-9-5-4-6-10-20)24(22)27-23(31)18-28-12-14-29(15-13-28)21-11-7-8-19(2)16-21/h4-11,16-17H,3,12-15,18H2,1-2H3,(H,27,31). The molecule has 1 N–H and O–H groups in total. The first-order valence-corrected chi connectivity index (χ1v) is 11.2. The smallest absolute Gasteiger partial charge is 0.343 e. The van der Waals surface area contributed by atoms with E-state index in [-0.39, 0.29) is 24.6 Å². The maximum atomic E-state index is 12.9. The summed E-state index contributed by atoms with van der Waals surface area (Å²) < 4.78 is 6.71. The number of anilines is 2. The number of piperazine rings is 1. The molecule has 0 saturated carbocycles. The molecule has 1 aliphatic heterocycles. The molecule has 1 saturated heterocycles. The lowest BCUT2D eigenvalue weighted by Gasteiger charge is -2.35. The van der Waals surface area contributed by atoms with Gasteiger partial charge in [0.15, 0.2) is 5.82 Å². The zero-order valence-corrected chi connectivity index (χ0v) is 19.0. The predicted octanol–water partition coefficient (Wildman–Crippen LogP) is 3.12. The van der Waals surface area contributed by atoms with Crippen molar-refractivity contribution in [1.29, 1.82) is 0 Å². The number of nitrogens with zero attached hydrogens (tertiary/aromatic N) is 4. The summed E-state index contributed by atoms with van der Waals surface area (Å²) in [5.74, 6) is -0.382. The average Bonchev–Trinajstić information content (AvgIpc) is 3.23. The number of aromatic nitrogens is 2. The number of carbonyl (C=O) groups excluding carboxylic acids is 2. The first-order chi connectivity index (χ1) is 16.0. The molecule has 8 nitrogen and oxygen atoms in total. The molecule has 1 aliphatic rings. The third kappa shape index (κ3) is 5.40. The summed E-state index contributed by atoms with van der Waals surface area (Å²) in [7, 11) is 0. The summed E-state index contributed by atoms with van der Waals surface area (Å²) >= 11 is 0. The first kappa shape index (κ1) is 22.5. The van der Waals surface area contributed by atoms with E-state index in [0.29, 0.717) is 5.82 Å². The average molecular weight is 448 g/mol. The van der Waals surface area contributed by atoms with E-state index in [0.717, 1.165) is 31.9 Å². The second kappa shape index (κ2) is 10.3. The second-order valence-corrected chi connectivity index (χ2v) is 8.03. The fraction of sp³-hybridized carbons (Fsp3) is 0.320. The molecule has 2 aromatic carbocycles. The number of esters is 1. The number of hydrogen-bond acceptors (Lipinski definition) is 6. The molecule has 0 radical (unpaired) electrons. The molecule has 33 heavy (non-hydrogen) atoms. The Morgan fingerprint density at radius 3 is 2.42 bits per heavy atom. The molecule has 8 heteroatoms. The third-order valence-corrected chi connectivity index (χ3v) is 5.63. The van der Waals surface area contributed by atoms with Crippen LogP contribution >= 0.6 is 0 Å². The largest absolute Gasteiger partial charge is 0.462 e. The minimum atomic E-state index is -0.512. The molecule has 1 amide bonds. The Kier molecular flexibility index (Phi) is 7.04. The van der Waals surface area contributed by atoms with Crippen LogP contribution in [0, 0.1) is 6.92 Å². The van der Waals surface area contributed by atoms with E-state index in [9.17, 15) is 9.59 Å². The van der Waals surface area contributed by atoms with Gasteiger partial charge in [0, 0.05) is 31.9 Å². The van der Waals surface area contributed by atoms with Crippen molar-refractivity contribution in [2.45, 2.75) is 13.8 Å². The zero-order valence-electron chi connectivity index (χ0n) is 19.0. The van der Waals surface area contributed by atoms with Crippen LogP contribution in [0.1, 0.15) is 22.8 Å². The Morgan fingerprint density at radius 2 is 1.73 bits per heavy atom. The van der Waals surface area contributed by atoms with Crippen molar-refractivity contribution in [2.75, 3.05) is 49.5 Å². The van der Waals surface area contributed by atoms with Crippen molar-refractivity contribution < 1.29 is 14.3 Å². The van der Waals surface area contributed by atoms with E-state index in [2.05, 4.69) is 51.4 Å². The summed E-state index contributed by atoms with van der Waals surface area (Å²) in [4.78, 5) is 29.8. The van der Waals surface area contributed by atoms with Gasteiger partial charge in [-0.25, -0.2) is 9.48 Å². The number of benzene rings is 2. The number of rotatable bonds is 7. The van der Waals surface area contributed by atoms with Crippen LogP contribution in [0.25, 0.3) is 5.69 Å². The Bertz CT molecular complexity index is 1100. The molecular formula is C25H29N5O3. The maximum Gasteiger partial charge on any atom is 0.343 e. The third-order valence-electron chi connectivity index (χ3n) is 5.63. The molecule has 4 rings (SSSR count). The zero-order chi connectivity index (χ0) is 23.2. The lowest BCUT2D eigenvalue weighted by Crippen LogP contribution is -2.48. The van der Waals surface area contributed by atoms with Crippen molar-refractivity contribution in [3.8, 4) is 5.69 Å². The van der Waals surface area contributed by atoms with Crippen molar-refractivity contribution in [2.24, 2.45) is 0 Å². The second-order valence-electron chi connectivity index (χ2n) is 8.03. The van der Waals surface area contributed by atoms with E-state index in [1.54, 1.807) is 11.6 Å². The van der Waals surface area contributed by atoms with Crippen molar-refractivity contribution in [1.82, 2.24) is 14.7 Å². The Hall–Kier alpha value is -3.65. The Balaban J connectivity index is 1.43.